The van der Waals surface area contributed by atoms with Crippen LogP contribution in [0.25, 0.3) is 23.3 Å². The summed E-state index contributed by atoms with van der Waals surface area (Å²) < 4.78 is 44.7. The lowest BCUT2D eigenvalue weighted by Gasteiger charge is -2.26. The van der Waals surface area contributed by atoms with E-state index in [0.717, 1.165) is 159 Å². The number of anilines is 12. The van der Waals surface area contributed by atoms with Crippen molar-refractivity contribution in [1.82, 2.24) is 0 Å². The first-order valence-corrected chi connectivity index (χ1v) is 33.4. The van der Waals surface area contributed by atoms with E-state index in [2.05, 4.69) is 250 Å². The lowest BCUT2D eigenvalue weighted by Crippen LogP contribution is -2.10. The van der Waals surface area contributed by atoms with Crippen molar-refractivity contribution < 1.29 is 37.9 Å². The van der Waals surface area contributed by atoms with Crippen molar-refractivity contribution in [1.29, 1.82) is 0 Å². The van der Waals surface area contributed by atoms with Gasteiger partial charge in [0.1, 0.15) is 46.0 Å². The van der Waals surface area contributed by atoms with Crippen LogP contribution >= 0.6 is 0 Å². The van der Waals surface area contributed by atoms with E-state index in [0.29, 0.717) is 0 Å². The second-order valence-corrected chi connectivity index (χ2v) is 23.9. The van der Waals surface area contributed by atoms with Gasteiger partial charge in [-0.2, -0.15) is 0 Å². The molecule has 0 aliphatic heterocycles. The molecule has 0 amide bonds. The third-order valence-corrected chi connectivity index (χ3v) is 17.9. The fourth-order valence-electron chi connectivity index (χ4n) is 12.5. The van der Waals surface area contributed by atoms with Crippen molar-refractivity contribution in [3.63, 3.8) is 0 Å². The van der Waals surface area contributed by atoms with Crippen LogP contribution in [0, 0.1) is 0 Å². The average molecular weight is 1340 g/mol. The van der Waals surface area contributed by atoms with Gasteiger partial charge in [0.05, 0.1) is 56.9 Å². The topological polar surface area (TPSA) is 86.8 Å². The molecule has 0 spiro atoms. The number of benzene rings is 13. The first-order chi connectivity index (χ1) is 50.1. The van der Waals surface area contributed by atoms with Crippen LogP contribution in [0.15, 0.2) is 315 Å². The Morgan fingerprint density at radius 3 is 0.402 bits per heavy atom. The third kappa shape index (κ3) is 15.3. The van der Waals surface area contributed by atoms with Crippen LogP contribution in [-0.4, -0.2) is 56.9 Å². The van der Waals surface area contributed by atoms with Gasteiger partial charge in [0, 0.05) is 68.2 Å². The van der Waals surface area contributed by atoms with Crippen LogP contribution in [0.5, 0.6) is 46.0 Å². The molecule has 0 unspecified atom stereocenters. The summed E-state index contributed by atoms with van der Waals surface area (Å²) in [6, 6.07) is 109. The summed E-state index contributed by atoms with van der Waals surface area (Å²) in [5.41, 5.74) is 20.0. The maximum atomic E-state index is 5.58. The number of nitrogens with zero attached hydrogens (tertiary/aromatic N) is 4. The molecular weight excluding hydrogens is 1270 g/mol. The third-order valence-electron chi connectivity index (χ3n) is 17.9. The van der Waals surface area contributed by atoms with Gasteiger partial charge in [-0.1, -0.05) is 72.8 Å². The Labute approximate surface area is 597 Å². The lowest BCUT2D eigenvalue weighted by molar-refractivity contribution is 0.414. The van der Waals surface area contributed by atoms with Gasteiger partial charge < -0.3 is 57.5 Å². The molecule has 0 bridgehead atoms. The molecule has 0 atom stereocenters. The van der Waals surface area contributed by atoms with Gasteiger partial charge in [-0.05, 0) is 299 Å². The van der Waals surface area contributed by atoms with Crippen molar-refractivity contribution in [3.05, 3.63) is 349 Å². The standard InChI is InChI=1S/C90H78N4O8/c1-95-81-45-29-73(30-46-81)91(74-31-47-82(96-2)48-32-74)69-21-13-65(14-22-69)89(66-15-23-70(24-16-66)92(75-33-49-83(97-3)50-34-75)76-35-51-84(98-4)52-36-76)61-63-9-11-64(12-10-63)62-90(67-17-25-71(26-18-67)93(77-37-53-85(99-5)54-38-77)78-39-55-86(100-6)56-40-78)68-19-27-72(28-20-68)94(79-41-57-87(101-7)58-42-79)80-43-59-88(102-8)60-44-80/h9-62H,1-8H3. The van der Waals surface area contributed by atoms with Gasteiger partial charge in [-0.15, -0.1) is 0 Å². The lowest BCUT2D eigenvalue weighted by atomic mass is 9.93. The van der Waals surface area contributed by atoms with E-state index in [1.54, 1.807) is 56.9 Å². The molecule has 12 heteroatoms. The summed E-state index contributed by atoms with van der Waals surface area (Å²) in [6.45, 7) is 0. The van der Waals surface area contributed by atoms with E-state index in [-0.39, 0.29) is 0 Å². The molecule has 0 fully saturated rings. The molecule has 13 rings (SSSR count). The minimum absolute atomic E-state index is 0.778. The SMILES string of the molecule is COc1ccc(N(c2ccc(OC)cc2)c2ccc(C(=Cc3ccc(C=C(c4ccc(N(c5ccc(OC)cc5)c5ccc(OC)cc5)cc4)c4ccc(N(c5ccc(OC)cc5)c5ccc(OC)cc5)cc4)cc3)c3ccc(N(c4ccc(OC)cc4)c4ccc(OC)cc4)cc3)cc2)cc1. The largest absolute Gasteiger partial charge is 0.497 e. The quantitative estimate of drug-likeness (QED) is 0.0484. The number of hydrogen-bond donors (Lipinski definition) is 0. The minimum atomic E-state index is 0.778. The Kier molecular flexibility index (Phi) is 20.9. The van der Waals surface area contributed by atoms with Crippen LogP contribution in [0.2, 0.25) is 0 Å². The first kappa shape index (κ1) is 67.5. The fraction of sp³-hybridized carbons (Fsp3) is 0.0889. The summed E-state index contributed by atoms with van der Waals surface area (Å²) >= 11 is 0. The van der Waals surface area contributed by atoms with E-state index in [9.17, 15) is 0 Å². The zero-order valence-corrected chi connectivity index (χ0v) is 58.2. The molecule has 0 heterocycles. The van der Waals surface area contributed by atoms with Gasteiger partial charge in [0.15, 0.2) is 0 Å². The first-order valence-electron chi connectivity index (χ1n) is 33.4. The van der Waals surface area contributed by atoms with Gasteiger partial charge in [0.2, 0.25) is 0 Å². The monoisotopic (exact) mass is 1340 g/mol. The molecule has 0 saturated carbocycles. The molecule has 0 aliphatic rings. The summed E-state index contributed by atoms with van der Waals surface area (Å²) in [6.07, 6.45) is 4.56. The Morgan fingerprint density at radius 2 is 0.284 bits per heavy atom. The average Bonchev–Trinajstić information content (AvgIpc) is 0.803. The van der Waals surface area contributed by atoms with Crippen molar-refractivity contribution >= 4 is 91.5 Å². The molecular formula is C90H78N4O8. The molecule has 0 aliphatic carbocycles. The van der Waals surface area contributed by atoms with Crippen LogP contribution in [0.1, 0.15) is 33.4 Å². The number of rotatable bonds is 26. The van der Waals surface area contributed by atoms with Gasteiger partial charge in [0.25, 0.3) is 0 Å². The highest BCUT2D eigenvalue weighted by molar-refractivity contribution is 5.95. The molecule has 0 radical (unpaired) electrons. The number of ether oxygens (including phenoxy) is 8. The van der Waals surface area contributed by atoms with Crippen LogP contribution in [0.3, 0.4) is 0 Å². The predicted octanol–water partition coefficient (Wildman–Crippen LogP) is 22.8. The smallest absolute Gasteiger partial charge is 0.119 e. The van der Waals surface area contributed by atoms with Crippen molar-refractivity contribution in [3.8, 4) is 46.0 Å². The Morgan fingerprint density at radius 1 is 0.167 bits per heavy atom. The predicted molar refractivity (Wildman–Crippen MR) is 417 cm³/mol. The molecule has 13 aromatic rings. The molecule has 506 valence electrons. The highest BCUT2D eigenvalue weighted by atomic mass is 16.5. The Balaban J connectivity index is 0.909. The van der Waals surface area contributed by atoms with Crippen molar-refractivity contribution in [2.24, 2.45) is 0 Å². The maximum Gasteiger partial charge on any atom is 0.119 e. The van der Waals surface area contributed by atoms with Crippen LogP contribution in [0.4, 0.5) is 68.2 Å². The van der Waals surface area contributed by atoms with Gasteiger partial charge >= 0.3 is 0 Å². The normalized spacial score (nSPS) is 10.7. The van der Waals surface area contributed by atoms with Crippen molar-refractivity contribution in [2.45, 2.75) is 0 Å². The van der Waals surface area contributed by atoms with E-state index < -0.39 is 0 Å². The molecule has 0 aromatic heterocycles. The van der Waals surface area contributed by atoms with E-state index in [1.807, 2.05) is 97.1 Å². The zero-order valence-electron chi connectivity index (χ0n) is 58.2. The van der Waals surface area contributed by atoms with E-state index in [1.165, 1.54) is 0 Å². The fourth-order valence-corrected chi connectivity index (χ4v) is 12.5. The van der Waals surface area contributed by atoms with E-state index >= 15 is 0 Å². The highest BCUT2D eigenvalue weighted by Gasteiger charge is 2.21. The summed E-state index contributed by atoms with van der Waals surface area (Å²) in [5.74, 6) is 6.23. The molecule has 12 nitrogen and oxygen atoms in total. The molecule has 0 N–H and O–H groups in total. The molecule has 0 saturated heterocycles. The van der Waals surface area contributed by atoms with Crippen LogP contribution < -0.4 is 57.5 Å². The van der Waals surface area contributed by atoms with Crippen molar-refractivity contribution in [2.75, 3.05) is 76.5 Å². The zero-order chi connectivity index (χ0) is 70.3. The van der Waals surface area contributed by atoms with E-state index in [4.69, 9.17) is 37.9 Å². The summed E-state index contributed by atoms with van der Waals surface area (Å²) in [4.78, 5) is 8.93. The van der Waals surface area contributed by atoms with Crippen LogP contribution in [-0.2, 0) is 0 Å². The Bertz CT molecular complexity index is 4120. The summed E-state index contributed by atoms with van der Waals surface area (Å²) in [7, 11) is 13.5. The van der Waals surface area contributed by atoms with Gasteiger partial charge in [-0.25, -0.2) is 0 Å². The number of hydrogen-bond acceptors (Lipinski definition) is 12. The number of methoxy groups -OCH3 is 8. The second-order valence-electron chi connectivity index (χ2n) is 23.9. The van der Waals surface area contributed by atoms with Gasteiger partial charge in [-0.3, -0.25) is 0 Å². The molecule has 102 heavy (non-hydrogen) atoms. The molecule has 13 aromatic carbocycles. The second kappa shape index (κ2) is 31.6. The summed E-state index contributed by atoms with van der Waals surface area (Å²) in [5, 5.41) is 0. The highest BCUT2D eigenvalue weighted by Crippen LogP contribution is 2.44. The minimum Gasteiger partial charge on any atom is -0.497 e. The maximum absolute atomic E-state index is 5.58. The Hall–Kier alpha value is -13.1.